The molecule has 1 aliphatic carbocycles. The molecule has 1 aliphatic rings. The van der Waals surface area contributed by atoms with Crippen molar-refractivity contribution in [3.05, 3.63) is 70.7 Å². The third kappa shape index (κ3) is 2.96. The van der Waals surface area contributed by atoms with Crippen LogP contribution in [0.4, 0.5) is 0 Å². The van der Waals surface area contributed by atoms with Crippen molar-refractivity contribution in [3.63, 3.8) is 0 Å². The maximum Gasteiger partial charge on any atom is 0.251 e. The van der Waals surface area contributed by atoms with Crippen LogP contribution in [-0.4, -0.2) is 12.5 Å². The monoisotopic (exact) mass is 299 g/mol. The van der Waals surface area contributed by atoms with Crippen LogP contribution >= 0.6 is 11.6 Å². The highest BCUT2D eigenvalue weighted by Crippen LogP contribution is 2.43. The van der Waals surface area contributed by atoms with Crippen LogP contribution in [0.3, 0.4) is 0 Å². The molecule has 0 unspecified atom stereocenters. The van der Waals surface area contributed by atoms with Crippen molar-refractivity contribution >= 4 is 17.5 Å². The van der Waals surface area contributed by atoms with E-state index in [-0.39, 0.29) is 11.3 Å². The highest BCUT2D eigenvalue weighted by atomic mass is 35.5. The summed E-state index contributed by atoms with van der Waals surface area (Å²) in [5.74, 6) is -0.0558. The van der Waals surface area contributed by atoms with E-state index in [9.17, 15) is 4.79 Å². The Labute approximate surface area is 130 Å². The summed E-state index contributed by atoms with van der Waals surface area (Å²) < 4.78 is 0. The van der Waals surface area contributed by atoms with Crippen LogP contribution in [-0.2, 0) is 5.41 Å². The fraction of sp³-hybridized carbons (Fsp3) is 0.278. The van der Waals surface area contributed by atoms with Crippen molar-refractivity contribution in [1.82, 2.24) is 5.32 Å². The SMILES string of the molecule is O=C(NCC1(c2ccccc2)CCC1)c1cccc(Cl)c1. The number of carbonyl (C=O) groups is 1. The van der Waals surface area contributed by atoms with Crippen molar-refractivity contribution in [2.45, 2.75) is 24.7 Å². The first-order valence-electron chi connectivity index (χ1n) is 7.29. The molecular weight excluding hydrogens is 282 g/mol. The summed E-state index contributed by atoms with van der Waals surface area (Å²) in [7, 11) is 0. The first-order valence-corrected chi connectivity index (χ1v) is 7.67. The minimum absolute atomic E-state index is 0.0558. The molecule has 0 radical (unpaired) electrons. The quantitative estimate of drug-likeness (QED) is 0.901. The van der Waals surface area contributed by atoms with Gasteiger partial charge >= 0.3 is 0 Å². The Bertz CT molecular complexity index is 635. The number of carbonyl (C=O) groups excluding carboxylic acids is 1. The van der Waals surface area contributed by atoms with Crippen molar-refractivity contribution in [2.24, 2.45) is 0 Å². The zero-order chi connectivity index (χ0) is 14.7. The minimum atomic E-state index is -0.0558. The van der Waals surface area contributed by atoms with Gasteiger partial charge in [-0.2, -0.15) is 0 Å². The molecule has 0 spiro atoms. The van der Waals surface area contributed by atoms with Gasteiger partial charge in [0.1, 0.15) is 0 Å². The van der Waals surface area contributed by atoms with Gasteiger partial charge in [-0.05, 0) is 36.6 Å². The Morgan fingerprint density at radius 2 is 1.86 bits per heavy atom. The molecule has 0 saturated heterocycles. The van der Waals surface area contributed by atoms with E-state index in [1.807, 2.05) is 6.07 Å². The van der Waals surface area contributed by atoms with E-state index in [0.29, 0.717) is 17.1 Å². The van der Waals surface area contributed by atoms with Crippen molar-refractivity contribution < 1.29 is 4.79 Å². The Morgan fingerprint density at radius 3 is 2.48 bits per heavy atom. The molecule has 1 fully saturated rings. The lowest BCUT2D eigenvalue weighted by molar-refractivity contribution is 0.0928. The summed E-state index contributed by atoms with van der Waals surface area (Å²) in [5, 5.41) is 3.66. The molecule has 2 nitrogen and oxygen atoms in total. The maximum atomic E-state index is 12.2. The zero-order valence-electron chi connectivity index (χ0n) is 11.8. The first kappa shape index (κ1) is 14.2. The summed E-state index contributed by atoms with van der Waals surface area (Å²) in [4.78, 5) is 12.2. The van der Waals surface area contributed by atoms with Gasteiger partial charge in [-0.25, -0.2) is 0 Å². The largest absolute Gasteiger partial charge is 0.351 e. The smallest absolute Gasteiger partial charge is 0.251 e. The second-order valence-corrected chi connectivity index (χ2v) is 6.13. The van der Waals surface area contributed by atoms with E-state index in [4.69, 9.17) is 11.6 Å². The molecule has 1 N–H and O–H groups in total. The molecule has 0 bridgehead atoms. The normalized spacial score (nSPS) is 16.0. The molecule has 0 atom stereocenters. The molecule has 21 heavy (non-hydrogen) atoms. The van der Waals surface area contributed by atoms with Gasteiger partial charge < -0.3 is 5.32 Å². The van der Waals surface area contributed by atoms with Crippen LogP contribution in [0.1, 0.15) is 35.2 Å². The summed E-state index contributed by atoms with van der Waals surface area (Å²) in [5.41, 5.74) is 2.04. The number of halogens is 1. The van der Waals surface area contributed by atoms with Gasteiger partial charge in [-0.1, -0.05) is 54.4 Å². The van der Waals surface area contributed by atoms with Crippen molar-refractivity contribution in [2.75, 3.05) is 6.54 Å². The fourth-order valence-electron chi connectivity index (χ4n) is 2.94. The van der Waals surface area contributed by atoms with E-state index in [2.05, 4.69) is 29.6 Å². The Hall–Kier alpha value is -1.80. The van der Waals surface area contributed by atoms with Gasteiger partial charge in [0.15, 0.2) is 0 Å². The number of hydrogen-bond donors (Lipinski definition) is 1. The summed E-state index contributed by atoms with van der Waals surface area (Å²) >= 11 is 5.93. The minimum Gasteiger partial charge on any atom is -0.351 e. The molecular formula is C18H18ClNO. The van der Waals surface area contributed by atoms with Crippen LogP contribution in [0.15, 0.2) is 54.6 Å². The van der Waals surface area contributed by atoms with Gasteiger partial charge in [-0.3, -0.25) is 4.79 Å². The molecule has 0 aromatic heterocycles. The Kier molecular flexibility index (Phi) is 3.98. The van der Waals surface area contributed by atoms with Crippen LogP contribution in [0.5, 0.6) is 0 Å². The van der Waals surface area contributed by atoms with Crippen LogP contribution in [0, 0.1) is 0 Å². The predicted octanol–water partition coefficient (Wildman–Crippen LogP) is 4.19. The molecule has 1 saturated carbocycles. The lowest BCUT2D eigenvalue weighted by atomic mass is 9.64. The highest BCUT2D eigenvalue weighted by molar-refractivity contribution is 6.30. The number of rotatable bonds is 4. The van der Waals surface area contributed by atoms with Gasteiger partial charge in [0.25, 0.3) is 5.91 Å². The van der Waals surface area contributed by atoms with Crippen LogP contribution < -0.4 is 5.32 Å². The third-order valence-electron chi connectivity index (χ3n) is 4.37. The van der Waals surface area contributed by atoms with E-state index in [1.54, 1.807) is 24.3 Å². The van der Waals surface area contributed by atoms with Gasteiger partial charge in [0.2, 0.25) is 0 Å². The predicted molar refractivity (Wildman–Crippen MR) is 85.8 cm³/mol. The summed E-state index contributed by atoms with van der Waals surface area (Å²) in [6, 6.07) is 17.5. The maximum absolute atomic E-state index is 12.2. The molecule has 3 heteroatoms. The second kappa shape index (κ2) is 5.90. The molecule has 108 valence electrons. The number of nitrogens with one attached hydrogen (secondary N) is 1. The second-order valence-electron chi connectivity index (χ2n) is 5.69. The van der Waals surface area contributed by atoms with Crippen LogP contribution in [0.2, 0.25) is 5.02 Å². The van der Waals surface area contributed by atoms with Crippen molar-refractivity contribution in [1.29, 1.82) is 0 Å². The highest BCUT2D eigenvalue weighted by Gasteiger charge is 2.38. The number of benzene rings is 2. The molecule has 2 aromatic carbocycles. The summed E-state index contributed by atoms with van der Waals surface area (Å²) in [6.45, 7) is 0.683. The Morgan fingerprint density at radius 1 is 1.10 bits per heavy atom. The number of amides is 1. The average molecular weight is 300 g/mol. The van der Waals surface area contributed by atoms with E-state index >= 15 is 0 Å². The van der Waals surface area contributed by atoms with Crippen molar-refractivity contribution in [3.8, 4) is 0 Å². The molecule has 0 aliphatic heterocycles. The van der Waals surface area contributed by atoms with Gasteiger partial charge in [0.05, 0.1) is 0 Å². The molecule has 1 amide bonds. The standard InChI is InChI=1S/C18H18ClNO/c19-16-9-4-6-14(12-16)17(21)20-13-18(10-5-11-18)15-7-2-1-3-8-15/h1-4,6-9,12H,5,10-11,13H2,(H,20,21). The third-order valence-corrected chi connectivity index (χ3v) is 4.61. The summed E-state index contributed by atoms with van der Waals surface area (Å²) in [6.07, 6.45) is 3.49. The van der Waals surface area contributed by atoms with E-state index < -0.39 is 0 Å². The Balaban J connectivity index is 1.70. The molecule has 0 heterocycles. The lowest BCUT2D eigenvalue weighted by Gasteiger charge is -2.42. The topological polar surface area (TPSA) is 29.1 Å². The first-order chi connectivity index (χ1) is 10.2. The van der Waals surface area contributed by atoms with Gasteiger partial charge in [0, 0.05) is 22.5 Å². The van der Waals surface area contributed by atoms with Gasteiger partial charge in [-0.15, -0.1) is 0 Å². The lowest BCUT2D eigenvalue weighted by Crippen LogP contribution is -2.45. The van der Waals surface area contributed by atoms with E-state index in [0.717, 1.165) is 12.8 Å². The molecule has 2 aromatic rings. The number of hydrogen-bond acceptors (Lipinski definition) is 1. The molecule has 3 rings (SSSR count). The average Bonchev–Trinajstić information content (AvgIpc) is 2.47. The van der Waals surface area contributed by atoms with Crippen LogP contribution in [0.25, 0.3) is 0 Å². The zero-order valence-corrected chi connectivity index (χ0v) is 12.6. The fourth-order valence-corrected chi connectivity index (χ4v) is 3.13. The van der Waals surface area contributed by atoms with E-state index in [1.165, 1.54) is 12.0 Å².